The van der Waals surface area contributed by atoms with Crippen LogP contribution in [0.5, 0.6) is 0 Å². The molecule has 1 aliphatic rings. The number of benzene rings is 1. The number of ether oxygens (including phenoxy) is 1. The van der Waals surface area contributed by atoms with Gasteiger partial charge in [-0.1, -0.05) is 0 Å². The molecule has 2 N–H and O–H groups in total. The predicted molar refractivity (Wildman–Crippen MR) is 105 cm³/mol. The molecule has 1 atom stereocenters. The molecule has 0 bridgehead atoms. The van der Waals surface area contributed by atoms with Crippen LogP contribution in [0.3, 0.4) is 0 Å². The van der Waals surface area contributed by atoms with E-state index in [9.17, 15) is 4.39 Å². The summed E-state index contributed by atoms with van der Waals surface area (Å²) in [6, 6.07) is 6.56. The Morgan fingerprint density at radius 3 is 2.70 bits per heavy atom. The van der Waals surface area contributed by atoms with E-state index in [4.69, 9.17) is 4.74 Å². The molecule has 23 heavy (non-hydrogen) atoms. The minimum Gasteiger partial charge on any atom is -0.373 e. The van der Waals surface area contributed by atoms with Crippen molar-refractivity contribution in [2.75, 3.05) is 32.5 Å². The van der Waals surface area contributed by atoms with Gasteiger partial charge >= 0.3 is 0 Å². The maximum absolute atomic E-state index is 12.8. The van der Waals surface area contributed by atoms with Crippen LogP contribution in [-0.4, -0.2) is 44.1 Å². The fraction of sp³-hybridized carbons (Fsp3) is 0.562. The summed E-state index contributed by atoms with van der Waals surface area (Å²) in [6.45, 7) is 4.53. The first-order chi connectivity index (χ1) is 10.6. The summed E-state index contributed by atoms with van der Waals surface area (Å²) in [4.78, 5) is 5.28. The van der Waals surface area contributed by atoms with Gasteiger partial charge in [0.1, 0.15) is 5.82 Å². The standard InChI is InChI=1S/C16H24FN3OS.HI/c1-16(8-3-10-21-16)12-20-15(18-2)19-9-11-22-14-6-4-13(17)5-7-14;/h4-7H,3,8-12H2,1-2H3,(H2,18,19,20);1H. The number of hydrogen-bond acceptors (Lipinski definition) is 3. The Hall–Kier alpha value is -0.540. The molecule has 1 unspecified atom stereocenters. The van der Waals surface area contributed by atoms with Crippen molar-refractivity contribution in [1.29, 1.82) is 0 Å². The third kappa shape index (κ3) is 7.26. The summed E-state index contributed by atoms with van der Waals surface area (Å²) in [6.07, 6.45) is 2.20. The van der Waals surface area contributed by atoms with Crippen LogP contribution < -0.4 is 10.6 Å². The van der Waals surface area contributed by atoms with Gasteiger partial charge in [0, 0.05) is 37.4 Å². The van der Waals surface area contributed by atoms with Gasteiger partial charge in [-0.3, -0.25) is 4.99 Å². The van der Waals surface area contributed by atoms with E-state index in [1.807, 2.05) is 0 Å². The first kappa shape index (κ1) is 20.5. The first-order valence-corrected chi connectivity index (χ1v) is 8.57. The highest BCUT2D eigenvalue weighted by Crippen LogP contribution is 2.23. The van der Waals surface area contributed by atoms with E-state index >= 15 is 0 Å². The number of guanidine groups is 1. The molecule has 0 spiro atoms. The van der Waals surface area contributed by atoms with Crippen molar-refractivity contribution in [3.8, 4) is 0 Å². The molecular formula is C16H25FIN3OS. The van der Waals surface area contributed by atoms with Gasteiger partial charge in [0.05, 0.1) is 5.60 Å². The first-order valence-electron chi connectivity index (χ1n) is 7.58. The Balaban J connectivity index is 0.00000264. The summed E-state index contributed by atoms with van der Waals surface area (Å²) in [5.74, 6) is 1.48. The Labute approximate surface area is 159 Å². The molecule has 4 nitrogen and oxygen atoms in total. The summed E-state index contributed by atoms with van der Waals surface area (Å²) < 4.78 is 18.6. The Bertz CT molecular complexity index is 493. The largest absolute Gasteiger partial charge is 0.373 e. The molecule has 130 valence electrons. The van der Waals surface area contributed by atoms with Crippen LogP contribution >= 0.6 is 35.7 Å². The number of thioether (sulfide) groups is 1. The molecular weight excluding hydrogens is 428 g/mol. The highest BCUT2D eigenvalue weighted by molar-refractivity contribution is 14.0. The van der Waals surface area contributed by atoms with Crippen LogP contribution in [0.15, 0.2) is 34.2 Å². The normalized spacial score (nSPS) is 20.9. The lowest BCUT2D eigenvalue weighted by atomic mass is 10.0. The van der Waals surface area contributed by atoms with Crippen molar-refractivity contribution in [3.63, 3.8) is 0 Å². The Kier molecular flexibility index (Phi) is 9.23. The lowest BCUT2D eigenvalue weighted by Crippen LogP contribution is -2.46. The lowest BCUT2D eigenvalue weighted by Gasteiger charge is -2.24. The number of aliphatic imine (C=N–C) groups is 1. The number of hydrogen-bond donors (Lipinski definition) is 2. The summed E-state index contributed by atoms with van der Waals surface area (Å²) >= 11 is 1.69. The zero-order valence-corrected chi connectivity index (χ0v) is 16.7. The average Bonchev–Trinajstić information content (AvgIpc) is 2.95. The van der Waals surface area contributed by atoms with Gasteiger partial charge in [-0.15, -0.1) is 35.7 Å². The monoisotopic (exact) mass is 453 g/mol. The van der Waals surface area contributed by atoms with Crippen LogP contribution in [0.1, 0.15) is 19.8 Å². The minimum absolute atomic E-state index is 0. The van der Waals surface area contributed by atoms with E-state index < -0.39 is 0 Å². The second-order valence-electron chi connectivity index (χ2n) is 5.56. The molecule has 0 aromatic heterocycles. The quantitative estimate of drug-likeness (QED) is 0.228. The minimum atomic E-state index is -0.199. The van der Waals surface area contributed by atoms with Crippen LogP contribution in [0.25, 0.3) is 0 Å². The van der Waals surface area contributed by atoms with Gasteiger partial charge in [-0.25, -0.2) is 4.39 Å². The van der Waals surface area contributed by atoms with Gasteiger partial charge in [0.25, 0.3) is 0 Å². The van der Waals surface area contributed by atoms with Crippen molar-refractivity contribution in [1.82, 2.24) is 10.6 Å². The molecule has 0 amide bonds. The molecule has 2 rings (SSSR count). The Morgan fingerprint density at radius 1 is 1.35 bits per heavy atom. The third-order valence-electron chi connectivity index (χ3n) is 3.63. The Morgan fingerprint density at radius 2 is 2.09 bits per heavy atom. The van der Waals surface area contributed by atoms with Crippen molar-refractivity contribution in [3.05, 3.63) is 30.1 Å². The molecule has 0 radical (unpaired) electrons. The molecule has 0 saturated carbocycles. The van der Waals surface area contributed by atoms with Crippen LogP contribution in [-0.2, 0) is 4.74 Å². The smallest absolute Gasteiger partial charge is 0.191 e. The van der Waals surface area contributed by atoms with E-state index in [0.29, 0.717) is 0 Å². The topological polar surface area (TPSA) is 45.7 Å². The van der Waals surface area contributed by atoms with E-state index in [0.717, 1.165) is 49.1 Å². The summed E-state index contributed by atoms with van der Waals surface area (Å²) in [7, 11) is 1.76. The van der Waals surface area contributed by atoms with Crippen molar-refractivity contribution >= 4 is 41.7 Å². The van der Waals surface area contributed by atoms with Crippen molar-refractivity contribution in [2.45, 2.75) is 30.3 Å². The number of nitrogens with one attached hydrogen (secondary N) is 2. The van der Waals surface area contributed by atoms with Gasteiger partial charge in [0.2, 0.25) is 0 Å². The molecule has 7 heteroatoms. The predicted octanol–water partition coefficient (Wildman–Crippen LogP) is 3.27. The van der Waals surface area contributed by atoms with Gasteiger partial charge in [-0.2, -0.15) is 0 Å². The van der Waals surface area contributed by atoms with Crippen molar-refractivity contribution in [2.24, 2.45) is 4.99 Å². The fourth-order valence-electron chi connectivity index (χ4n) is 2.34. The van der Waals surface area contributed by atoms with Crippen LogP contribution in [0.2, 0.25) is 0 Å². The zero-order valence-electron chi connectivity index (χ0n) is 13.6. The fourth-order valence-corrected chi connectivity index (χ4v) is 3.11. The van der Waals surface area contributed by atoms with E-state index in [2.05, 4.69) is 22.5 Å². The molecule has 1 aromatic rings. The number of rotatable bonds is 6. The second-order valence-corrected chi connectivity index (χ2v) is 6.73. The molecule has 1 aromatic carbocycles. The summed E-state index contributed by atoms with van der Waals surface area (Å²) in [5, 5.41) is 6.59. The molecule has 1 heterocycles. The maximum Gasteiger partial charge on any atom is 0.191 e. The second kappa shape index (κ2) is 10.4. The zero-order chi connectivity index (χ0) is 15.8. The van der Waals surface area contributed by atoms with Crippen LogP contribution in [0.4, 0.5) is 4.39 Å². The van der Waals surface area contributed by atoms with Gasteiger partial charge < -0.3 is 15.4 Å². The average molecular weight is 453 g/mol. The number of halogens is 2. The van der Waals surface area contributed by atoms with E-state index in [1.165, 1.54) is 12.1 Å². The molecule has 1 fully saturated rings. The van der Waals surface area contributed by atoms with Crippen LogP contribution in [0, 0.1) is 5.82 Å². The molecule has 0 aliphatic carbocycles. The third-order valence-corrected chi connectivity index (χ3v) is 4.64. The number of nitrogens with zero attached hydrogens (tertiary/aromatic N) is 1. The van der Waals surface area contributed by atoms with Crippen molar-refractivity contribution < 1.29 is 9.13 Å². The highest BCUT2D eigenvalue weighted by Gasteiger charge is 2.29. The van der Waals surface area contributed by atoms with E-state index in [-0.39, 0.29) is 35.4 Å². The van der Waals surface area contributed by atoms with E-state index in [1.54, 1.807) is 30.9 Å². The molecule has 1 saturated heterocycles. The molecule has 1 aliphatic heterocycles. The highest BCUT2D eigenvalue weighted by atomic mass is 127. The van der Waals surface area contributed by atoms with Gasteiger partial charge in [-0.05, 0) is 44.0 Å². The maximum atomic E-state index is 12.8. The summed E-state index contributed by atoms with van der Waals surface area (Å²) in [5.41, 5.74) is -0.0829. The van der Waals surface area contributed by atoms with Gasteiger partial charge in [0.15, 0.2) is 5.96 Å². The lowest BCUT2D eigenvalue weighted by molar-refractivity contribution is 0.0243. The SMILES string of the molecule is CN=C(NCCSc1ccc(F)cc1)NCC1(C)CCCO1.I.